The van der Waals surface area contributed by atoms with E-state index < -0.39 is 0 Å². The first-order valence-electron chi connectivity index (χ1n) is 5.10. The van der Waals surface area contributed by atoms with E-state index in [2.05, 4.69) is 25.7 Å². The molecule has 100 valence electrons. The van der Waals surface area contributed by atoms with Gasteiger partial charge in [-0.1, -0.05) is 23.2 Å². The van der Waals surface area contributed by atoms with Gasteiger partial charge in [0.1, 0.15) is 0 Å². The SMILES string of the molecule is COc1nc(NN)nc(Nc2cc(Cl)cc(Cl)c2)n1. The van der Waals surface area contributed by atoms with Crippen LogP contribution < -0.4 is 21.3 Å². The van der Waals surface area contributed by atoms with Crippen LogP contribution in [0.5, 0.6) is 6.01 Å². The molecule has 4 N–H and O–H groups in total. The van der Waals surface area contributed by atoms with Gasteiger partial charge in [0.15, 0.2) is 0 Å². The number of aromatic nitrogens is 3. The Balaban J connectivity index is 2.31. The Morgan fingerprint density at radius 1 is 1.05 bits per heavy atom. The minimum Gasteiger partial charge on any atom is -0.467 e. The summed E-state index contributed by atoms with van der Waals surface area (Å²) < 4.78 is 4.93. The maximum atomic E-state index is 5.90. The Hall–Kier alpha value is -1.83. The van der Waals surface area contributed by atoms with Crippen molar-refractivity contribution in [3.63, 3.8) is 0 Å². The molecule has 2 rings (SSSR count). The highest BCUT2D eigenvalue weighted by atomic mass is 35.5. The highest BCUT2D eigenvalue weighted by Crippen LogP contribution is 2.24. The molecule has 1 heterocycles. The summed E-state index contributed by atoms with van der Waals surface area (Å²) in [6.07, 6.45) is 0. The van der Waals surface area contributed by atoms with Crippen LogP contribution in [0.25, 0.3) is 0 Å². The van der Waals surface area contributed by atoms with Crippen molar-refractivity contribution in [3.8, 4) is 6.01 Å². The summed E-state index contributed by atoms with van der Waals surface area (Å²) in [6, 6.07) is 5.10. The van der Waals surface area contributed by atoms with E-state index >= 15 is 0 Å². The number of anilines is 3. The second kappa shape index (κ2) is 5.87. The quantitative estimate of drug-likeness (QED) is 0.588. The van der Waals surface area contributed by atoms with Gasteiger partial charge in [0, 0.05) is 15.7 Å². The minimum atomic E-state index is 0.124. The summed E-state index contributed by atoms with van der Waals surface area (Å²) in [4.78, 5) is 11.9. The average Bonchev–Trinajstić information content (AvgIpc) is 2.37. The average molecular weight is 301 g/mol. The van der Waals surface area contributed by atoms with Crippen molar-refractivity contribution in [1.29, 1.82) is 0 Å². The van der Waals surface area contributed by atoms with Gasteiger partial charge < -0.3 is 10.1 Å². The minimum absolute atomic E-state index is 0.124. The van der Waals surface area contributed by atoms with E-state index in [1.807, 2.05) is 0 Å². The standard InChI is InChI=1S/C10H10Cl2N6O/c1-19-10-16-8(15-9(17-10)18-13)14-7-3-5(11)2-6(12)4-7/h2-4H,13H2,1H3,(H2,14,15,16,17,18). The number of ether oxygens (including phenoxy) is 1. The number of methoxy groups -OCH3 is 1. The maximum absolute atomic E-state index is 5.90. The second-order valence-electron chi connectivity index (χ2n) is 3.40. The Labute approximate surface area is 119 Å². The number of nitrogens with one attached hydrogen (secondary N) is 2. The van der Waals surface area contributed by atoms with Crippen molar-refractivity contribution in [2.45, 2.75) is 0 Å². The third kappa shape index (κ3) is 3.57. The molecule has 0 aliphatic rings. The molecule has 7 nitrogen and oxygen atoms in total. The second-order valence-corrected chi connectivity index (χ2v) is 4.27. The number of nitrogens with two attached hydrogens (primary N) is 1. The van der Waals surface area contributed by atoms with Gasteiger partial charge in [-0.05, 0) is 18.2 Å². The number of halogens is 2. The van der Waals surface area contributed by atoms with Crippen LogP contribution in [-0.2, 0) is 0 Å². The molecule has 0 amide bonds. The topological polar surface area (TPSA) is 98.0 Å². The molecule has 0 saturated carbocycles. The molecule has 0 aliphatic carbocycles. The van der Waals surface area contributed by atoms with Crippen LogP contribution in [0.4, 0.5) is 17.6 Å². The first kappa shape index (κ1) is 13.6. The Morgan fingerprint density at radius 3 is 2.26 bits per heavy atom. The van der Waals surface area contributed by atoms with Crippen molar-refractivity contribution in [3.05, 3.63) is 28.2 Å². The van der Waals surface area contributed by atoms with Gasteiger partial charge in [-0.2, -0.15) is 15.0 Å². The largest absolute Gasteiger partial charge is 0.467 e. The predicted octanol–water partition coefficient (Wildman–Crippen LogP) is 2.22. The fraction of sp³-hybridized carbons (Fsp3) is 0.100. The van der Waals surface area contributed by atoms with Crippen LogP contribution in [0.15, 0.2) is 18.2 Å². The van der Waals surface area contributed by atoms with Crippen molar-refractivity contribution < 1.29 is 4.74 Å². The number of nitrogens with zero attached hydrogens (tertiary/aromatic N) is 3. The number of rotatable bonds is 4. The van der Waals surface area contributed by atoms with E-state index in [1.54, 1.807) is 18.2 Å². The van der Waals surface area contributed by atoms with E-state index in [4.69, 9.17) is 33.8 Å². The van der Waals surface area contributed by atoms with Crippen LogP contribution >= 0.6 is 23.2 Å². The lowest BCUT2D eigenvalue weighted by molar-refractivity contribution is 0.379. The zero-order valence-corrected chi connectivity index (χ0v) is 11.3. The van der Waals surface area contributed by atoms with Crippen LogP contribution in [-0.4, -0.2) is 22.1 Å². The molecule has 0 radical (unpaired) electrons. The number of nitrogen functional groups attached to an aromatic ring is 1. The molecule has 0 fully saturated rings. The number of benzene rings is 1. The summed E-state index contributed by atoms with van der Waals surface area (Å²) in [5, 5.41) is 3.92. The van der Waals surface area contributed by atoms with E-state index in [0.29, 0.717) is 15.7 Å². The lowest BCUT2D eigenvalue weighted by Gasteiger charge is -2.08. The third-order valence-corrected chi connectivity index (χ3v) is 2.48. The van der Waals surface area contributed by atoms with Gasteiger partial charge in [-0.3, -0.25) is 5.43 Å². The van der Waals surface area contributed by atoms with Crippen LogP contribution in [0.3, 0.4) is 0 Å². The van der Waals surface area contributed by atoms with Gasteiger partial charge in [0.25, 0.3) is 0 Å². The van der Waals surface area contributed by atoms with E-state index in [-0.39, 0.29) is 17.9 Å². The maximum Gasteiger partial charge on any atom is 0.322 e. The molecule has 19 heavy (non-hydrogen) atoms. The van der Waals surface area contributed by atoms with Crippen molar-refractivity contribution in [2.24, 2.45) is 5.84 Å². The fourth-order valence-electron chi connectivity index (χ4n) is 1.32. The molecular weight excluding hydrogens is 291 g/mol. The van der Waals surface area contributed by atoms with Gasteiger partial charge >= 0.3 is 6.01 Å². The number of hydrogen-bond acceptors (Lipinski definition) is 7. The summed E-state index contributed by atoms with van der Waals surface area (Å²) >= 11 is 11.8. The molecule has 0 aliphatic heterocycles. The lowest BCUT2D eigenvalue weighted by atomic mass is 10.3. The third-order valence-electron chi connectivity index (χ3n) is 2.05. The fourth-order valence-corrected chi connectivity index (χ4v) is 1.85. The zero-order chi connectivity index (χ0) is 13.8. The number of hydrazine groups is 1. The van der Waals surface area contributed by atoms with E-state index in [1.165, 1.54) is 7.11 Å². The first-order valence-corrected chi connectivity index (χ1v) is 5.86. The summed E-state index contributed by atoms with van der Waals surface area (Å²) in [5.74, 6) is 5.67. The molecule has 0 unspecified atom stereocenters. The van der Waals surface area contributed by atoms with Crippen molar-refractivity contribution in [2.75, 3.05) is 17.9 Å². The zero-order valence-electron chi connectivity index (χ0n) is 9.82. The predicted molar refractivity (Wildman–Crippen MR) is 73.9 cm³/mol. The van der Waals surface area contributed by atoms with Gasteiger partial charge in [0.05, 0.1) is 7.11 Å². The molecule has 9 heteroatoms. The molecule has 2 aromatic rings. The summed E-state index contributed by atoms with van der Waals surface area (Å²) in [6.45, 7) is 0. The smallest absolute Gasteiger partial charge is 0.322 e. The molecule has 1 aromatic carbocycles. The Bertz CT molecular complexity index is 552. The summed E-state index contributed by atoms with van der Waals surface area (Å²) in [5.41, 5.74) is 2.95. The van der Waals surface area contributed by atoms with Gasteiger partial charge in [-0.15, -0.1) is 0 Å². The van der Waals surface area contributed by atoms with Gasteiger partial charge in [0.2, 0.25) is 11.9 Å². The molecule has 0 saturated heterocycles. The molecule has 0 bridgehead atoms. The molecule has 1 aromatic heterocycles. The monoisotopic (exact) mass is 300 g/mol. The lowest BCUT2D eigenvalue weighted by Crippen LogP contribution is -2.13. The highest BCUT2D eigenvalue weighted by molar-refractivity contribution is 6.35. The van der Waals surface area contributed by atoms with Crippen LogP contribution in [0.1, 0.15) is 0 Å². The number of hydrogen-bond donors (Lipinski definition) is 3. The van der Waals surface area contributed by atoms with E-state index in [0.717, 1.165) is 0 Å². The first-order chi connectivity index (χ1) is 9.10. The molecule has 0 atom stereocenters. The molecular formula is C10H10Cl2N6O. The van der Waals surface area contributed by atoms with Crippen molar-refractivity contribution >= 4 is 40.8 Å². The molecule has 0 spiro atoms. The van der Waals surface area contributed by atoms with Crippen LogP contribution in [0, 0.1) is 0 Å². The Morgan fingerprint density at radius 2 is 1.68 bits per heavy atom. The van der Waals surface area contributed by atoms with Gasteiger partial charge in [-0.25, -0.2) is 5.84 Å². The van der Waals surface area contributed by atoms with Crippen molar-refractivity contribution in [1.82, 2.24) is 15.0 Å². The van der Waals surface area contributed by atoms with Crippen LogP contribution in [0.2, 0.25) is 10.0 Å². The highest BCUT2D eigenvalue weighted by Gasteiger charge is 2.07. The normalized spacial score (nSPS) is 10.1. The summed E-state index contributed by atoms with van der Waals surface area (Å²) in [7, 11) is 1.44. The van der Waals surface area contributed by atoms with E-state index in [9.17, 15) is 0 Å². The Kier molecular flexibility index (Phi) is 4.20.